The number of carbonyl (C=O) groups is 1. The normalized spacial score (nSPS) is 18.5. The van der Waals surface area contributed by atoms with Gasteiger partial charge in [-0.05, 0) is 18.4 Å². The summed E-state index contributed by atoms with van der Waals surface area (Å²) < 4.78 is 42.4. The Balaban J connectivity index is 1.42. The van der Waals surface area contributed by atoms with E-state index in [-0.39, 0.29) is 28.5 Å². The van der Waals surface area contributed by atoms with Crippen LogP contribution in [0.5, 0.6) is 0 Å². The zero-order valence-electron chi connectivity index (χ0n) is 21.1. The van der Waals surface area contributed by atoms with E-state index >= 15 is 0 Å². The molecule has 2 saturated heterocycles. The number of halogens is 3. The molecule has 3 aromatic rings. The first-order valence-corrected chi connectivity index (χ1v) is 12.2. The highest BCUT2D eigenvalue weighted by Crippen LogP contribution is 2.34. The molecule has 0 saturated carbocycles. The van der Waals surface area contributed by atoms with E-state index in [2.05, 4.69) is 34.0 Å². The molecule has 2 aliphatic heterocycles. The van der Waals surface area contributed by atoms with Gasteiger partial charge in [0.25, 0.3) is 17.9 Å². The number of rotatable bonds is 6. The molecule has 11 heteroatoms. The highest BCUT2D eigenvalue weighted by atomic mass is 19.3. The minimum atomic E-state index is -2.94. The number of amides is 1. The fraction of sp³-hybridized carbons (Fsp3) is 0.462. The number of aryl methyl sites for hydroxylation is 1. The first-order valence-electron chi connectivity index (χ1n) is 12.2. The molecule has 2 fully saturated rings. The molecule has 0 aliphatic carbocycles. The fourth-order valence-corrected chi connectivity index (χ4v) is 5.23. The Bertz CT molecular complexity index is 1430. The van der Waals surface area contributed by atoms with Gasteiger partial charge in [-0.2, -0.15) is 0 Å². The summed E-state index contributed by atoms with van der Waals surface area (Å²) in [7, 11) is 1.52. The van der Waals surface area contributed by atoms with Crippen LogP contribution in [0.3, 0.4) is 0 Å². The van der Waals surface area contributed by atoms with Gasteiger partial charge in [-0.15, -0.1) is 0 Å². The molecular formula is C26H29F3N6O2. The summed E-state index contributed by atoms with van der Waals surface area (Å²) in [6.45, 7) is 9.13. The zero-order valence-corrected chi connectivity index (χ0v) is 21.1. The molecule has 0 spiro atoms. The number of hydrogen-bond donors (Lipinski definition) is 1. The van der Waals surface area contributed by atoms with Crippen molar-refractivity contribution in [1.82, 2.24) is 24.3 Å². The maximum Gasteiger partial charge on any atom is 0.266 e. The molecule has 2 aromatic heterocycles. The van der Waals surface area contributed by atoms with E-state index in [1.807, 2.05) is 0 Å². The van der Waals surface area contributed by atoms with E-state index in [1.165, 1.54) is 36.1 Å². The van der Waals surface area contributed by atoms with Crippen molar-refractivity contribution in [3.8, 4) is 0 Å². The van der Waals surface area contributed by atoms with E-state index in [4.69, 9.17) is 0 Å². The number of nitrogens with one attached hydrogen (secondary N) is 1. The van der Waals surface area contributed by atoms with Crippen LogP contribution in [0.25, 0.3) is 11.0 Å². The monoisotopic (exact) mass is 514 g/mol. The molecule has 4 heterocycles. The summed E-state index contributed by atoms with van der Waals surface area (Å²) >= 11 is 0. The number of alkyl halides is 2. The molecule has 2 aliphatic rings. The Labute approximate surface area is 212 Å². The van der Waals surface area contributed by atoms with Crippen molar-refractivity contribution < 1.29 is 18.0 Å². The van der Waals surface area contributed by atoms with Gasteiger partial charge in [0.05, 0.1) is 17.0 Å². The van der Waals surface area contributed by atoms with Crippen LogP contribution in [0, 0.1) is 11.2 Å². The second kappa shape index (κ2) is 9.13. The summed E-state index contributed by atoms with van der Waals surface area (Å²) in [6, 6.07) is 4.87. The number of likely N-dealkylation sites (tertiary alicyclic amines) is 2. The van der Waals surface area contributed by atoms with E-state index in [0.29, 0.717) is 29.9 Å². The average Bonchev–Trinajstić information content (AvgIpc) is 2.79. The van der Waals surface area contributed by atoms with Crippen molar-refractivity contribution in [1.29, 1.82) is 0 Å². The van der Waals surface area contributed by atoms with Gasteiger partial charge in [-0.3, -0.25) is 19.1 Å². The molecule has 1 N–H and O–H groups in total. The van der Waals surface area contributed by atoms with Gasteiger partial charge in [0.2, 0.25) is 0 Å². The SMILES string of the molecule is C[C@@H](Nc1ncnc2c1cc(C(=O)N1CC(N3CC(C)(C)C3)C1)c(=O)n2C)c1cccc(C(F)F)c1F. The van der Waals surface area contributed by atoms with Crippen molar-refractivity contribution >= 4 is 22.8 Å². The third-order valence-corrected chi connectivity index (χ3v) is 7.28. The Kier molecular flexibility index (Phi) is 6.21. The molecule has 0 unspecified atom stereocenters. The van der Waals surface area contributed by atoms with Gasteiger partial charge < -0.3 is 10.2 Å². The topological polar surface area (TPSA) is 83.4 Å². The number of pyridine rings is 1. The number of carbonyl (C=O) groups excluding carboxylic acids is 1. The Hall–Kier alpha value is -3.47. The fourth-order valence-electron chi connectivity index (χ4n) is 5.23. The lowest BCUT2D eigenvalue weighted by Gasteiger charge is -2.55. The molecule has 1 aromatic carbocycles. The van der Waals surface area contributed by atoms with Crippen molar-refractivity contribution in [2.45, 2.75) is 39.3 Å². The Morgan fingerprint density at radius 2 is 1.84 bits per heavy atom. The number of nitrogens with zero attached hydrogens (tertiary/aromatic N) is 5. The molecule has 1 amide bonds. The number of aromatic nitrogens is 3. The molecule has 0 bridgehead atoms. The van der Waals surface area contributed by atoms with Crippen LogP contribution < -0.4 is 10.9 Å². The largest absolute Gasteiger partial charge is 0.363 e. The number of fused-ring (bicyclic) bond motifs is 1. The van der Waals surface area contributed by atoms with Crippen LogP contribution in [-0.2, 0) is 7.05 Å². The Morgan fingerprint density at radius 3 is 2.49 bits per heavy atom. The minimum absolute atomic E-state index is 0.00577. The van der Waals surface area contributed by atoms with Gasteiger partial charge in [0.1, 0.15) is 29.2 Å². The third kappa shape index (κ3) is 4.45. The average molecular weight is 515 g/mol. The van der Waals surface area contributed by atoms with Crippen molar-refractivity contribution in [2.24, 2.45) is 12.5 Å². The van der Waals surface area contributed by atoms with Crippen LogP contribution >= 0.6 is 0 Å². The number of hydrogen-bond acceptors (Lipinski definition) is 6. The van der Waals surface area contributed by atoms with Gasteiger partial charge in [0, 0.05) is 44.8 Å². The van der Waals surface area contributed by atoms with Crippen LogP contribution in [0.2, 0.25) is 0 Å². The van der Waals surface area contributed by atoms with E-state index in [1.54, 1.807) is 11.8 Å². The second-order valence-corrected chi connectivity index (χ2v) is 10.7. The highest BCUT2D eigenvalue weighted by molar-refractivity contribution is 5.99. The molecular weight excluding hydrogens is 485 g/mol. The lowest BCUT2D eigenvalue weighted by molar-refractivity contribution is -0.0558. The van der Waals surface area contributed by atoms with Gasteiger partial charge in [-0.1, -0.05) is 32.0 Å². The Morgan fingerprint density at radius 1 is 1.16 bits per heavy atom. The molecule has 37 heavy (non-hydrogen) atoms. The van der Waals surface area contributed by atoms with Crippen LogP contribution in [-0.4, -0.2) is 62.5 Å². The lowest BCUT2D eigenvalue weighted by atomic mass is 9.82. The minimum Gasteiger partial charge on any atom is -0.363 e. The summed E-state index contributed by atoms with van der Waals surface area (Å²) in [5.41, 5.74) is -0.524. The summed E-state index contributed by atoms with van der Waals surface area (Å²) in [5, 5.41) is 3.44. The van der Waals surface area contributed by atoms with Gasteiger partial charge in [-0.25, -0.2) is 23.1 Å². The molecule has 196 valence electrons. The second-order valence-electron chi connectivity index (χ2n) is 10.7. The van der Waals surface area contributed by atoms with E-state index in [9.17, 15) is 22.8 Å². The van der Waals surface area contributed by atoms with Crippen molar-refractivity contribution in [2.75, 3.05) is 31.5 Å². The quantitative estimate of drug-likeness (QED) is 0.540. The van der Waals surface area contributed by atoms with Gasteiger partial charge in [0.15, 0.2) is 0 Å². The third-order valence-electron chi connectivity index (χ3n) is 7.28. The van der Waals surface area contributed by atoms with Crippen LogP contribution in [0.4, 0.5) is 19.0 Å². The zero-order chi connectivity index (χ0) is 26.6. The van der Waals surface area contributed by atoms with Gasteiger partial charge >= 0.3 is 0 Å². The maximum absolute atomic E-state index is 14.7. The first-order chi connectivity index (χ1) is 17.5. The number of anilines is 1. The summed E-state index contributed by atoms with van der Waals surface area (Å²) in [4.78, 5) is 38.7. The van der Waals surface area contributed by atoms with Crippen molar-refractivity contribution in [3.63, 3.8) is 0 Å². The highest BCUT2D eigenvalue weighted by Gasteiger charge is 2.44. The number of benzene rings is 1. The molecule has 1 atom stereocenters. The molecule has 0 radical (unpaired) electrons. The maximum atomic E-state index is 14.7. The molecule has 5 rings (SSSR count). The predicted octanol–water partition coefficient (Wildman–Crippen LogP) is 3.74. The predicted molar refractivity (Wildman–Crippen MR) is 133 cm³/mol. The van der Waals surface area contributed by atoms with Crippen LogP contribution in [0.1, 0.15) is 54.7 Å². The molecule has 8 nitrogen and oxygen atoms in total. The van der Waals surface area contributed by atoms with Crippen molar-refractivity contribution in [3.05, 3.63) is 63.5 Å². The van der Waals surface area contributed by atoms with Crippen LogP contribution in [0.15, 0.2) is 35.4 Å². The van der Waals surface area contributed by atoms with E-state index < -0.39 is 29.4 Å². The smallest absolute Gasteiger partial charge is 0.266 e. The summed E-state index contributed by atoms with van der Waals surface area (Å²) in [6.07, 6.45) is -1.69. The van der Waals surface area contributed by atoms with E-state index in [0.717, 1.165) is 19.2 Å². The standard InChI is InChI=1S/C26H29F3N6O2/c1-14(16-6-5-7-17(20(16)27)21(28)29)32-22-18-8-19(24(36)33(4)23(18)31-13-30-22)25(37)34-9-15(10-34)35-11-26(2,3)12-35/h5-8,13-15,21H,9-12H2,1-4H3,(H,30,31,32)/t14-/m1/s1. The summed E-state index contributed by atoms with van der Waals surface area (Å²) in [5.74, 6) is -1.09. The lowest BCUT2D eigenvalue weighted by Crippen LogP contribution is -2.68. The first kappa shape index (κ1) is 25.2.